The highest BCUT2D eigenvalue weighted by molar-refractivity contribution is 5.72. The van der Waals surface area contributed by atoms with Gasteiger partial charge in [-0.15, -0.1) is 0 Å². The maximum Gasteiger partial charge on any atom is 0.316 e. The molecule has 2 amide bonds. The number of nitrogens with one attached hydrogen (secondary N) is 1. The molecule has 1 aliphatic heterocycles. The minimum atomic E-state index is -0.334. The van der Waals surface area contributed by atoms with Gasteiger partial charge in [-0.25, -0.2) is 4.79 Å². The Balaban J connectivity index is 2.47. The Morgan fingerprint density at radius 3 is 2.90 bits per heavy atom. The summed E-state index contributed by atoms with van der Waals surface area (Å²) in [5, 5.41) is 3.07. The van der Waals surface area contributed by atoms with Gasteiger partial charge in [-0.05, 0) is 19.9 Å². The van der Waals surface area contributed by atoms with Gasteiger partial charge >= 0.3 is 6.03 Å². The van der Waals surface area contributed by atoms with Crippen LogP contribution < -0.4 is 11.1 Å². The van der Waals surface area contributed by atoms with Gasteiger partial charge in [0.25, 0.3) is 0 Å². The minimum Gasteiger partial charge on any atom is -0.351 e. The molecule has 4 heteroatoms. The first kappa shape index (κ1) is 7.34. The third-order valence-electron chi connectivity index (χ3n) is 1.84. The van der Waals surface area contributed by atoms with Crippen molar-refractivity contribution in [3.05, 3.63) is 0 Å². The second kappa shape index (κ2) is 2.88. The predicted molar refractivity (Wildman–Crippen MR) is 38.4 cm³/mol. The fraction of sp³-hybridized carbons (Fsp3) is 0.833. The number of primary amides is 1. The highest BCUT2D eigenvalue weighted by Gasteiger charge is 2.19. The predicted octanol–water partition coefficient (Wildman–Crippen LogP) is -0.294. The fourth-order valence-electron chi connectivity index (χ4n) is 1.12. The lowest BCUT2D eigenvalue weighted by Crippen LogP contribution is -2.52. The van der Waals surface area contributed by atoms with Crippen LogP contribution in [0.5, 0.6) is 0 Å². The molecule has 0 aromatic heterocycles. The van der Waals surface area contributed by atoms with E-state index in [1.165, 1.54) is 0 Å². The maximum atomic E-state index is 10.7. The summed E-state index contributed by atoms with van der Waals surface area (Å²) in [6.45, 7) is 3.58. The van der Waals surface area contributed by atoms with Gasteiger partial charge in [0.1, 0.15) is 0 Å². The summed E-state index contributed by atoms with van der Waals surface area (Å²) in [7, 11) is 0. The molecule has 1 saturated heterocycles. The normalized spacial score (nSPS) is 26.5. The number of carbonyl (C=O) groups is 1. The molecule has 0 bridgehead atoms. The molecule has 1 unspecified atom stereocenters. The molecule has 0 aromatic carbocycles. The van der Waals surface area contributed by atoms with Crippen LogP contribution in [-0.2, 0) is 0 Å². The first-order chi connectivity index (χ1) is 4.72. The molecule has 10 heavy (non-hydrogen) atoms. The topological polar surface area (TPSA) is 58.4 Å². The van der Waals surface area contributed by atoms with Gasteiger partial charge in [-0.3, -0.25) is 5.32 Å². The minimum absolute atomic E-state index is 0.291. The maximum absolute atomic E-state index is 10.7. The summed E-state index contributed by atoms with van der Waals surface area (Å²) >= 11 is 0. The zero-order valence-electron chi connectivity index (χ0n) is 6.13. The third kappa shape index (κ3) is 1.39. The molecular formula is C6H13N3O. The molecule has 0 spiro atoms. The van der Waals surface area contributed by atoms with Gasteiger partial charge in [0.15, 0.2) is 0 Å². The van der Waals surface area contributed by atoms with Crippen molar-refractivity contribution in [3.63, 3.8) is 0 Å². The van der Waals surface area contributed by atoms with Crippen LogP contribution in [-0.4, -0.2) is 30.2 Å². The van der Waals surface area contributed by atoms with E-state index in [2.05, 4.69) is 5.32 Å². The third-order valence-corrected chi connectivity index (χ3v) is 1.84. The highest BCUT2D eigenvalue weighted by atomic mass is 16.2. The second-order valence-corrected chi connectivity index (χ2v) is 2.60. The largest absolute Gasteiger partial charge is 0.351 e. The zero-order chi connectivity index (χ0) is 7.56. The molecule has 0 aromatic rings. The Labute approximate surface area is 60.4 Å². The van der Waals surface area contributed by atoms with Crippen molar-refractivity contribution in [1.29, 1.82) is 0 Å². The van der Waals surface area contributed by atoms with E-state index in [1.54, 1.807) is 4.90 Å². The van der Waals surface area contributed by atoms with Crippen molar-refractivity contribution in [1.82, 2.24) is 10.2 Å². The molecule has 1 fully saturated rings. The molecule has 1 heterocycles. The van der Waals surface area contributed by atoms with Gasteiger partial charge in [-0.2, -0.15) is 0 Å². The van der Waals surface area contributed by atoms with Crippen molar-refractivity contribution < 1.29 is 4.79 Å². The number of nitrogens with two attached hydrogens (primary N) is 1. The first-order valence-corrected chi connectivity index (χ1v) is 3.48. The van der Waals surface area contributed by atoms with Crippen LogP contribution in [0.1, 0.15) is 13.3 Å². The Morgan fingerprint density at radius 1 is 1.80 bits per heavy atom. The van der Waals surface area contributed by atoms with Crippen molar-refractivity contribution in [3.8, 4) is 0 Å². The fourth-order valence-corrected chi connectivity index (χ4v) is 1.12. The van der Waals surface area contributed by atoms with Gasteiger partial charge in [-0.1, -0.05) is 0 Å². The zero-order valence-corrected chi connectivity index (χ0v) is 6.13. The molecule has 1 aliphatic rings. The van der Waals surface area contributed by atoms with Crippen LogP contribution in [0.2, 0.25) is 0 Å². The Morgan fingerprint density at radius 2 is 2.50 bits per heavy atom. The standard InChI is InChI=1S/C6H13N3O/c1-5-2-3-8-4-9(5)6(7)10/h5,8H,2-4H2,1H3,(H2,7,10). The van der Waals surface area contributed by atoms with Crippen molar-refractivity contribution in [2.45, 2.75) is 19.4 Å². The number of nitrogens with zero attached hydrogens (tertiary/aromatic N) is 1. The van der Waals surface area contributed by atoms with Crippen LogP contribution >= 0.6 is 0 Å². The molecule has 3 N–H and O–H groups in total. The summed E-state index contributed by atoms with van der Waals surface area (Å²) in [6, 6.07) is -0.0431. The number of hydrogen-bond donors (Lipinski definition) is 2. The van der Waals surface area contributed by atoms with E-state index in [4.69, 9.17) is 5.73 Å². The number of urea groups is 1. The van der Waals surface area contributed by atoms with E-state index < -0.39 is 0 Å². The SMILES string of the molecule is CC1CCNCN1C(N)=O. The molecule has 0 aliphatic carbocycles. The van der Waals surface area contributed by atoms with Crippen LogP contribution in [0.25, 0.3) is 0 Å². The molecule has 58 valence electrons. The summed E-state index contributed by atoms with van der Waals surface area (Å²) in [6.07, 6.45) is 0.989. The smallest absolute Gasteiger partial charge is 0.316 e. The lowest BCUT2D eigenvalue weighted by Gasteiger charge is -2.32. The molecule has 0 radical (unpaired) electrons. The van der Waals surface area contributed by atoms with Crippen LogP contribution in [0, 0.1) is 0 Å². The van der Waals surface area contributed by atoms with Gasteiger partial charge in [0, 0.05) is 6.04 Å². The van der Waals surface area contributed by atoms with E-state index in [-0.39, 0.29) is 6.03 Å². The quantitative estimate of drug-likeness (QED) is 0.489. The number of carbonyl (C=O) groups excluding carboxylic acids is 1. The second-order valence-electron chi connectivity index (χ2n) is 2.60. The van der Waals surface area contributed by atoms with Crippen LogP contribution in [0.4, 0.5) is 4.79 Å². The summed E-state index contributed by atoms with van der Waals surface area (Å²) in [5.41, 5.74) is 5.10. The Hall–Kier alpha value is -0.770. The number of rotatable bonds is 0. The molecule has 4 nitrogen and oxygen atoms in total. The molecule has 1 rings (SSSR count). The molecule has 0 saturated carbocycles. The van der Waals surface area contributed by atoms with E-state index in [1.807, 2.05) is 6.92 Å². The lowest BCUT2D eigenvalue weighted by molar-refractivity contribution is 0.161. The van der Waals surface area contributed by atoms with Crippen molar-refractivity contribution in [2.24, 2.45) is 5.73 Å². The average molecular weight is 143 g/mol. The molecular weight excluding hydrogens is 130 g/mol. The van der Waals surface area contributed by atoms with E-state index in [9.17, 15) is 4.79 Å². The molecule has 1 atom stereocenters. The average Bonchev–Trinajstić information content (AvgIpc) is 1.88. The van der Waals surface area contributed by atoms with E-state index >= 15 is 0 Å². The van der Waals surface area contributed by atoms with Gasteiger partial charge < -0.3 is 10.6 Å². The Kier molecular flexibility index (Phi) is 2.11. The lowest BCUT2D eigenvalue weighted by atomic mass is 10.2. The highest BCUT2D eigenvalue weighted by Crippen LogP contribution is 2.04. The number of amides is 2. The van der Waals surface area contributed by atoms with Crippen molar-refractivity contribution in [2.75, 3.05) is 13.2 Å². The summed E-state index contributed by atoms with van der Waals surface area (Å²) in [4.78, 5) is 12.3. The summed E-state index contributed by atoms with van der Waals surface area (Å²) < 4.78 is 0. The van der Waals surface area contributed by atoms with E-state index in [0.29, 0.717) is 12.7 Å². The number of hydrogen-bond acceptors (Lipinski definition) is 2. The van der Waals surface area contributed by atoms with Gasteiger partial charge in [0.05, 0.1) is 6.67 Å². The summed E-state index contributed by atoms with van der Waals surface area (Å²) in [5.74, 6) is 0. The van der Waals surface area contributed by atoms with Crippen LogP contribution in [0.15, 0.2) is 0 Å². The Bertz CT molecular complexity index is 137. The van der Waals surface area contributed by atoms with E-state index in [0.717, 1.165) is 13.0 Å². The first-order valence-electron chi connectivity index (χ1n) is 3.48. The van der Waals surface area contributed by atoms with Crippen molar-refractivity contribution >= 4 is 6.03 Å². The van der Waals surface area contributed by atoms with Gasteiger partial charge in [0.2, 0.25) is 0 Å². The van der Waals surface area contributed by atoms with Crippen LogP contribution in [0.3, 0.4) is 0 Å². The monoisotopic (exact) mass is 143 g/mol.